The molecular formula is C10H16Cl2N2S. The van der Waals surface area contributed by atoms with Crippen LogP contribution < -0.4 is 4.90 Å². The van der Waals surface area contributed by atoms with Gasteiger partial charge < -0.3 is 4.90 Å². The van der Waals surface area contributed by atoms with E-state index in [9.17, 15) is 0 Å². The van der Waals surface area contributed by atoms with Crippen molar-refractivity contribution in [1.29, 1.82) is 0 Å². The molecule has 0 aliphatic rings. The first kappa shape index (κ1) is 13.1. The number of halogens is 2. The molecule has 2 nitrogen and oxygen atoms in total. The minimum atomic E-state index is 0.244. The van der Waals surface area contributed by atoms with E-state index < -0.39 is 0 Å². The number of thiazole rings is 1. The molecule has 86 valence electrons. The van der Waals surface area contributed by atoms with Crippen molar-refractivity contribution in [2.24, 2.45) is 5.41 Å². The molecule has 1 aromatic heterocycles. The minimum Gasteiger partial charge on any atom is -0.351 e. The van der Waals surface area contributed by atoms with Gasteiger partial charge in [0.2, 0.25) is 0 Å². The molecular weight excluding hydrogens is 251 g/mol. The third-order valence-electron chi connectivity index (χ3n) is 1.80. The standard InChI is InChI=1S/C10H16Cl2N2S/c1-10(2,3)6-14(4)9-13-8(12)7(5-11)15-9/h5-6H2,1-4H3. The van der Waals surface area contributed by atoms with E-state index in [0.29, 0.717) is 11.0 Å². The molecule has 0 radical (unpaired) electrons. The summed E-state index contributed by atoms with van der Waals surface area (Å²) in [6.07, 6.45) is 0. The van der Waals surface area contributed by atoms with Gasteiger partial charge in [-0.1, -0.05) is 43.7 Å². The van der Waals surface area contributed by atoms with Crippen molar-refractivity contribution in [3.8, 4) is 0 Å². The molecule has 1 heterocycles. The highest BCUT2D eigenvalue weighted by molar-refractivity contribution is 7.16. The van der Waals surface area contributed by atoms with Crippen LogP contribution in [0.3, 0.4) is 0 Å². The first-order chi connectivity index (χ1) is 6.83. The summed E-state index contributed by atoms with van der Waals surface area (Å²) in [4.78, 5) is 7.35. The van der Waals surface area contributed by atoms with Crippen molar-refractivity contribution in [2.45, 2.75) is 26.7 Å². The van der Waals surface area contributed by atoms with Gasteiger partial charge in [0.1, 0.15) is 5.15 Å². The van der Waals surface area contributed by atoms with Gasteiger partial charge in [-0.3, -0.25) is 0 Å². The largest absolute Gasteiger partial charge is 0.351 e. The Morgan fingerprint density at radius 1 is 1.40 bits per heavy atom. The Balaban J connectivity index is 2.78. The fraction of sp³-hybridized carbons (Fsp3) is 0.700. The van der Waals surface area contributed by atoms with Crippen molar-refractivity contribution in [1.82, 2.24) is 4.98 Å². The molecule has 15 heavy (non-hydrogen) atoms. The van der Waals surface area contributed by atoms with Crippen molar-refractivity contribution >= 4 is 39.7 Å². The maximum Gasteiger partial charge on any atom is 0.186 e. The molecule has 0 unspecified atom stereocenters. The second-order valence-electron chi connectivity index (χ2n) is 4.76. The SMILES string of the molecule is CN(CC(C)(C)C)c1nc(Cl)c(CCl)s1. The molecule has 0 spiro atoms. The van der Waals surface area contributed by atoms with Crippen LogP contribution in [-0.4, -0.2) is 18.6 Å². The zero-order valence-electron chi connectivity index (χ0n) is 9.47. The highest BCUT2D eigenvalue weighted by Crippen LogP contribution is 2.31. The molecule has 5 heteroatoms. The Hall–Kier alpha value is 0.01000. The predicted octanol–water partition coefficient (Wildman–Crippen LogP) is 4.02. The summed E-state index contributed by atoms with van der Waals surface area (Å²) < 4.78 is 0. The number of nitrogens with zero attached hydrogens (tertiary/aromatic N) is 2. The molecule has 0 atom stereocenters. The summed E-state index contributed by atoms with van der Waals surface area (Å²) in [5.41, 5.74) is 0.244. The van der Waals surface area contributed by atoms with Gasteiger partial charge >= 0.3 is 0 Å². The summed E-state index contributed by atoms with van der Waals surface area (Å²) in [5.74, 6) is 0.430. The van der Waals surface area contributed by atoms with E-state index >= 15 is 0 Å². The van der Waals surface area contributed by atoms with Crippen LogP contribution in [0.15, 0.2) is 0 Å². The fourth-order valence-electron chi connectivity index (χ4n) is 1.35. The lowest BCUT2D eigenvalue weighted by Crippen LogP contribution is -2.28. The molecule has 0 saturated carbocycles. The van der Waals surface area contributed by atoms with E-state index in [2.05, 4.69) is 30.7 Å². The first-order valence-corrected chi connectivity index (χ1v) is 6.48. The van der Waals surface area contributed by atoms with E-state index in [1.807, 2.05) is 7.05 Å². The van der Waals surface area contributed by atoms with Crippen LogP contribution in [0.2, 0.25) is 5.15 Å². The van der Waals surface area contributed by atoms with Gasteiger partial charge in [0.05, 0.1) is 10.8 Å². The average molecular weight is 267 g/mol. The summed E-state index contributed by atoms with van der Waals surface area (Å²) in [7, 11) is 2.03. The van der Waals surface area contributed by atoms with E-state index in [-0.39, 0.29) is 5.41 Å². The predicted molar refractivity (Wildman–Crippen MR) is 69.4 cm³/mol. The third kappa shape index (κ3) is 3.82. The fourth-order valence-corrected chi connectivity index (χ4v) is 2.78. The highest BCUT2D eigenvalue weighted by atomic mass is 35.5. The van der Waals surface area contributed by atoms with Crippen LogP contribution in [0, 0.1) is 5.41 Å². The van der Waals surface area contributed by atoms with Crippen LogP contribution in [-0.2, 0) is 5.88 Å². The van der Waals surface area contributed by atoms with Gasteiger partial charge in [0, 0.05) is 13.6 Å². The van der Waals surface area contributed by atoms with Gasteiger partial charge in [-0.2, -0.15) is 0 Å². The van der Waals surface area contributed by atoms with E-state index in [0.717, 1.165) is 16.6 Å². The van der Waals surface area contributed by atoms with Crippen molar-refractivity contribution in [3.63, 3.8) is 0 Å². The number of anilines is 1. The third-order valence-corrected chi connectivity index (χ3v) is 3.82. The van der Waals surface area contributed by atoms with E-state index in [1.165, 1.54) is 0 Å². The molecule has 0 aliphatic heterocycles. The second-order valence-corrected chi connectivity index (χ2v) is 6.45. The second kappa shape index (κ2) is 4.89. The van der Waals surface area contributed by atoms with Gasteiger partial charge in [0.15, 0.2) is 5.13 Å². The van der Waals surface area contributed by atoms with Crippen LogP contribution >= 0.6 is 34.5 Å². The van der Waals surface area contributed by atoms with Gasteiger partial charge in [-0.05, 0) is 5.41 Å². The Morgan fingerprint density at radius 2 is 2.00 bits per heavy atom. The molecule has 1 rings (SSSR count). The zero-order valence-corrected chi connectivity index (χ0v) is 11.8. The van der Waals surface area contributed by atoms with Crippen molar-refractivity contribution in [3.05, 3.63) is 10.0 Å². The Morgan fingerprint density at radius 3 is 2.40 bits per heavy atom. The molecule has 0 bridgehead atoms. The summed E-state index contributed by atoms with van der Waals surface area (Å²) >= 11 is 13.3. The maximum absolute atomic E-state index is 5.95. The normalized spacial score (nSPS) is 11.9. The van der Waals surface area contributed by atoms with Crippen LogP contribution in [0.25, 0.3) is 0 Å². The summed E-state index contributed by atoms with van der Waals surface area (Å²) in [6.45, 7) is 7.53. The number of aromatic nitrogens is 1. The lowest BCUT2D eigenvalue weighted by molar-refractivity contribution is 0.419. The number of hydrogen-bond donors (Lipinski definition) is 0. The molecule has 0 aromatic carbocycles. The molecule has 0 N–H and O–H groups in total. The molecule has 0 saturated heterocycles. The maximum atomic E-state index is 5.95. The highest BCUT2D eigenvalue weighted by Gasteiger charge is 2.17. The smallest absolute Gasteiger partial charge is 0.186 e. The van der Waals surface area contributed by atoms with Gasteiger partial charge in [-0.15, -0.1) is 11.6 Å². The minimum absolute atomic E-state index is 0.244. The van der Waals surface area contributed by atoms with Gasteiger partial charge in [0.25, 0.3) is 0 Å². The quantitative estimate of drug-likeness (QED) is 0.769. The van der Waals surface area contributed by atoms with E-state index in [1.54, 1.807) is 11.3 Å². The van der Waals surface area contributed by atoms with Crippen molar-refractivity contribution < 1.29 is 0 Å². The lowest BCUT2D eigenvalue weighted by atomic mass is 9.96. The molecule has 0 fully saturated rings. The molecule has 1 aromatic rings. The molecule has 0 aliphatic carbocycles. The van der Waals surface area contributed by atoms with Crippen LogP contribution in [0.1, 0.15) is 25.6 Å². The number of rotatable bonds is 3. The zero-order chi connectivity index (χ0) is 11.6. The topological polar surface area (TPSA) is 16.1 Å². The molecule has 0 amide bonds. The lowest BCUT2D eigenvalue weighted by Gasteiger charge is -2.25. The van der Waals surface area contributed by atoms with Gasteiger partial charge in [-0.25, -0.2) is 4.98 Å². The van der Waals surface area contributed by atoms with E-state index in [4.69, 9.17) is 23.2 Å². The summed E-state index contributed by atoms with van der Waals surface area (Å²) in [5, 5.41) is 1.47. The monoisotopic (exact) mass is 266 g/mol. The Kier molecular flexibility index (Phi) is 4.27. The van der Waals surface area contributed by atoms with Crippen LogP contribution in [0.4, 0.5) is 5.13 Å². The van der Waals surface area contributed by atoms with Crippen LogP contribution in [0.5, 0.6) is 0 Å². The first-order valence-electron chi connectivity index (χ1n) is 4.76. The Labute approximate surface area is 105 Å². The number of hydrogen-bond acceptors (Lipinski definition) is 3. The van der Waals surface area contributed by atoms with Crippen molar-refractivity contribution in [2.75, 3.05) is 18.5 Å². The summed E-state index contributed by atoms with van der Waals surface area (Å²) in [6, 6.07) is 0. The number of alkyl halides is 1. The Bertz CT molecular complexity index is 331. The average Bonchev–Trinajstić information content (AvgIpc) is 2.43.